The first-order valence-electron chi connectivity index (χ1n) is 8.82. The van der Waals surface area contributed by atoms with Crippen LogP contribution < -0.4 is 4.90 Å². The molecule has 138 valence electrons. The lowest BCUT2D eigenvalue weighted by atomic mass is 10.1. The maximum atomic E-state index is 13.1. The van der Waals surface area contributed by atoms with Gasteiger partial charge in [0.25, 0.3) is 0 Å². The van der Waals surface area contributed by atoms with Gasteiger partial charge in [0, 0.05) is 51.0 Å². The molecule has 0 bridgehead atoms. The summed E-state index contributed by atoms with van der Waals surface area (Å²) in [4.78, 5) is 16.7. The summed E-state index contributed by atoms with van der Waals surface area (Å²) in [6, 6.07) is 4.97. The van der Waals surface area contributed by atoms with Gasteiger partial charge in [-0.3, -0.25) is 9.88 Å². The number of hydrogen-bond donors (Lipinski definition) is 0. The molecule has 2 fully saturated rings. The quantitative estimate of drug-likeness (QED) is 0.835. The number of pyridine rings is 1. The normalized spacial score (nSPS) is 19.0. The van der Waals surface area contributed by atoms with Crippen LogP contribution in [0.15, 0.2) is 30.6 Å². The first-order chi connectivity index (χ1) is 12.5. The standard InChI is InChI=1S/C18H20F3N5/c19-18(20,21)16-14(2-1-6-22-16)12-25-8-10-26(11-9-25)15-5-7-23-17(24-15)13-3-4-13/h1-2,5-7,13H,3-4,8-12H2. The van der Waals surface area contributed by atoms with E-state index >= 15 is 0 Å². The summed E-state index contributed by atoms with van der Waals surface area (Å²) in [6.07, 6.45) is 0.886. The summed E-state index contributed by atoms with van der Waals surface area (Å²) >= 11 is 0. The smallest absolute Gasteiger partial charge is 0.354 e. The molecule has 0 spiro atoms. The second-order valence-corrected chi connectivity index (χ2v) is 6.82. The van der Waals surface area contributed by atoms with E-state index in [-0.39, 0.29) is 12.1 Å². The van der Waals surface area contributed by atoms with Crippen molar-refractivity contribution in [1.29, 1.82) is 0 Å². The highest BCUT2D eigenvalue weighted by atomic mass is 19.4. The lowest BCUT2D eigenvalue weighted by Gasteiger charge is -2.35. The molecule has 2 aliphatic rings. The molecule has 1 aliphatic heterocycles. The minimum Gasteiger partial charge on any atom is -0.354 e. The monoisotopic (exact) mass is 363 g/mol. The third-order valence-corrected chi connectivity index (χ3v) is 4.85. The zero-order valence-electron chi connectivity index (χ0n) is 14.3. The largest absolute Gasteiger partial charge is 0.433 e. The van der Waals surface area contributed by atoms with Gasteiger partial charge in [-0.2, -0.15) is 13.2 Å². The second kappa shape index (κ2) is 6.83. The van der Waals surface area contributed by atoms with Crippen molar-refractivity contribution in [2.24, 2.45) is 0 Å². The van der Waals surface area contributed by atoms with Crippen LogP contribution in [0.3, 0.4) is 0 Å². The van der Waals surface area contributed by atoms with Crippen LogP contribution in [0.5, 0.6) is 0 Å². The van der Waals surface area contributed by atoms with Gasteiger partial charge in [-0.15, -0.1) is 0 Å². The molecule has 0 aromatic carbocycles. The Labute approximate surface area is 149 Å². The summed E-state index contributed by atoms with van der Waals surface area (Å²) < 4.78 is 39.3. The lowest BCUT2D eigenvalue weighted by molar-refractivity contribution is -0.142. The van der Waals surface area contributed by atoms with Gasteiger partial charge in [0.15, 0.2) is 0 Å². The van der Waals surface area contributed by atoms with Crippen molar-refractivity contribution in [1.82, 2.24) is 19.9 Å². The van der Waals surface area contributed by atoms with Crippen LogP contribution in [-0.2, 0) is 12.7 Å². The van der Waals surface area contributed by atoms with Gasteiger partial charge in [0.2, 0.25) is 0 Å². The van der Waals surface area contributed by atoms with Crippen molar-refractivity contribution >= 4 is 5.82 Å². The Balaban J connectivity index is 1.39. The third kappa shape index (κ3) is 3.80. The van der Waals surface area contributed by atoms with Crippen molar-refractivity contribution in [3.05, 3.63) is 47.7 Å². The first kappa shape index (κ1) is 17.2. The maximum Gasteiger partial charge on any atom is 0.433 e. The Kier molecular flexibility index (Phi) is 4.52. The van der Waals surface area contributed by atoms with E-state index in [1.165, 1.54) is 12.3 Å². The molecule has 26 heavy (non-hydrogen) atoms. The van der Waals surface area contributed by atoms with Crippen molar-refractivity contribution in [3.8, 4) is 0 Å². The SMILES string of the molecule is FC(F)(F)c1ncccc1CN1CCN(c2ccnc(C3CC3)n2)CC1. The van der Waals surface area contributed by atoms with Gasteiger partial charge in [0.1, 0.15) is 17.3 Å². The fraction of sp³-hybridized carbons (Fsp3) is 0.500. The highest BCUT2D eigenvalue weighted by Crippen LogP contribution is 2.38. The number of aromatic nitrogens is 3. The number of anilines is 1. The molecule has 0 atom stereocenters. The Bertz CT molecular complexity index is 767. The van der Waals surface area contributed by atoms with E-state index in [2.05, 4.69) is 19.9 Å². The van der Waals surface area contributed by atoms with Gasteiger partial charge >= 0.3 is 6.18 Å². The van der Waals surface area contributed by atoms with Gasteiger partial charge in [-0.1, -0.05) is 6.07 Å². The number of alkyl halides is 3. The van der Waals surface area contributed by atoms with Crippen LogP contribution in [0.2, 0.25) is 0 Å². The van der Waals surface area contributed by atoms with Gasteiger partial charge in [-0.05, 0) is 30.5 Å². The van der Waals surface area contributed by atoms with Crippen LogP contribution in [0.25, 0.3) is 0 Å². The second-order valence-electron chi connectivity index (χ2n) is 6.82. The van der Waals surface area contributed by atoms with Crippen molar-refractivity contribution in [2.75, 3.05) is 31.1 Å². The van der Waals surface area contributed by atoms with Crippen LogP contribution in [-0.4, -0.2) is 46.0 Å². The van der Waals surface area contributed by atoms with E-state index in [1.54, 1.807) is 12.3 Å². The molecule has 1 aliphatic carbocycles. The van der Waals surface area contributed by atoms with Gasteiger partial charge in [-0.25, -0.2) is 9.97 Å². The van der Waals surface area contributed by atoms with E-state index in [0.29, 0.717) is 19.0 Å². The summed E-state index contributed by atoms with van der Waals surface area (Å²) in [5, 5.41) is 0. The molecule has 1 saturated heterocycles. The molecular weight excluding hydrogens is 343 g/mol. The average molecular weight is 363 g/mol. The maximum absolute atomic E-state index is 13.1. The molecular formula is C18H20F3N5. The Morgan fingerprint density at radius 1 is 1.00 bits per heavy atom. The molecule has 0 unspecified atom stereocenters. The minimum absolute atomic E-state index is 0.228. The van der Waals surface area contributed by atoms with Crippen molar-refractivity contribution in [2.45, 2.75) is 31.5 Å². The highest BCUT2D eigenvalue weighted by Gasteiger charge is 2.35. The Morgan fingerprint density at radius 3 is 2.46 bits per heavy atom. The van der Waals surface area contributed by atoms with E-state index in [4.69, 9.17) is 0 Å². The fourth-order valence-electron chi connectivity index (χ4n) is 3.28. The molecule has 8 heteroatoms. The van der Waals surface area contributed by atoms with Gasteiger partial charge in [0.05, 0.1) is 0 Å². The zero-order chi connectivity index (χ0) is 18.1. The lowest BCUT2D eigenvalue weighted by Crippen LogP contribution is -2.46. The zero-order valence-corrected chi connectivity index (χ0v) is 14.3. The topological polar surface area (TPSA) is 45.2 Å². The molecule has 0 N–H and O–H groups in total. The molecule has 2 aromatic rings. The first-order valence-corrected chi connectivity index (χ1v) is 8.82. The summed E-state index contributed by atoms with van der Waals surface area (Å²) in [5.74, 6) is 2.33. The predicted octanol–water partition coefficient (Wildman–Crippen LogP) is 3.09. The Hall–Kier alpha value is -2.22. The molecule has 4 rings (SSSR count). The van der Waals surface area contributed by atoms with Crippen molar-refractivity contribution < 1.29 is 13.2 Å². The van der Waals surface area contributed by atoms with E-state index in [1.807, 2.05) is 11.0 Å². The number of rotatable bonds is 4. The Morgan fingerprint density at radius 2 is 1.77 bits per heavy atom. The molecule has 0 radical (unpaired) electrons. The third-order valence-electron chi connectivity index (χ3n) is 4.85. The van der Waals surface area contributed by atoms with Crippen molar-refractivity contribution in [3.63, 3.8) is 0 Å². The minimum atomic E-state index is -4.42. The van der Waals surface area contributed by atoms with Gasteiger partial charge < -0.3 is 4.90 Å². The molecule has 5 nitrogen and oxygen atoms in total. The fourth-order valence-corrected chi connectivity index (χ4v) is 3.28. The van der Waals surface area contributed by atoms with Crippen LogP contribution in [0, 0.1) is 0 Å². The number of nitrogens with zero attached hydrogens (tertiary/aromatic N) is 5. The number of hydrogen-bond acceptors (Lipinski definition) is 5. The predicted molar refractivity (Wildman–Crippen MR) is 90.7 cm³/mol. The summed E-state index contributed by atoms with van der Waals surface area (Å²) in [6.45, 7) is 3.11. The van der Waals surface area contributed by atoms with E-state index in [0.717, 1.165) is 37.6 Å². The average Bonchev–Trinajstić information content (AvgIpc) is 3.47. The van der Waals surface area contributed by atoms with E-state index < -0.39 is 11.9 Å². The highest BCUT2D eigenvalue weighted by molar-refractivity contribution is 5.39. The molecule has 3 heterocycles. The van der Waals surface area contributed by atoms with Crippen LogP contribution in [0.1, 0.15) is 35.8 Å². The summed E-state index contributed by atoms with van der Waals surface area (Å²) in [7, 11) is 0. The number of piperazine rings is 1. The summed E-state index contributed by atoms with van der Waals surface area (Å²) in [5.41, 5.74) is -0.557. The molecule has 0 amide bonds. The molecule has 2 aromatic heterocycles. The van der Waals surface area contributed by atoms with E-state index in [9.17, 15) is 13.2 Å². The molecule has 1 saturated carbocycles. The number of halogens is 3. The van der Waals surface area contributed by atoms with Crippen LogP contribution >= 0.6 is 0 Å². The van der Waals surface area contributed by atoms with Crippen LogP contribution in [0.4, 0.5) is 19.0 Å².